The molecule has 31 heavy (non-hydrogen) atoms. The second-order valence-electron chi connectivity index (χ2n) is 7.40. The van der Waals surface area contributed by atoms with Gasteiger partial charge in [0.15, 0.2) is 6.61 Å². The Kier molecular flexibility index (Phi) is 8.12. The van der Waals surface area contributed by atoms with E-state index >= 15 is 0 Å². The molecule has 1 unspecified atom stereocenters. The van der Waals surface area contributed by atoms with Gasteiger partial charge >= 0.3 is 12.1 Å². The van der Waals surface area contributed by atoms with Crippen LogP contribution in [0.2, 0.25) is 0 Å². The Bertz CT molecular complexity index is 897. The number of ether oxygens (including phenoxy) is 2. The molecule has 0 bridgehead atoms. The predicted octanol–water partition coefficient (Wildman–Crippen LogP) is 2.32. The first-order valence-corrected chi connectivity index (χ1v) is 10.4. The molecule has 0 aliphatic rings. The van der Waals surface area contributed by atoms with Crippen molar-refractivity contribution in [1.29, 1.82) is 0 Å². The summed E-state index contributed by atoms with van der Waals surface area (Å²) in [6.45, 7) is 5.62. The summed E-state index contributed by atoms with van der Waals surface area (Å²) < 4.78 is 62.7. The first kappa shape index (κ1) is 24.7. The molecular weight excluding hydrogens is 439 g/mol. The molecule has 1 N–H and O–H groups in total. The standard InChI is InChI=1S/C18H24F3N5O4S/c1-5-29-15(27)10-26-9-14(23-25-26)16(24-31(28)17(2,3)4)13-7-6-12(8-22-13)30-11-18(19,20)21/h6-9,16,24H,5,10-11H2,1-4H3/t16-,31?/m1/s1. The summed E-state index contributed by atoms with van der Waals surface area (Å²) in [5.41, 5.74) is 0.651. The number of nitrogens with one attached hydrogen (secondary N) is 1. The molecule has 0 radical (unpaired) electrons. The summed E-state index contributed by atoms with van der Waals surface area (Å²) in [5, 5.41) is 7.90. The van der Waals surface area contributed by atoms with Crippen LogP contribution in [0.15, 0.2) is 24.5 Å². The Balaban J connectivity index is 2.26. The predicted molar refractivity (Wildman–Crippen MR) is 105 cm³/mol. The van der Waals surface area contributed by atoms with Crippen molar-refractivity contribution < 1.29 is 31.6 Å². The number of alkyl halides is 3. The molecule has 0 spiro atoms. The maximum absolute atomic E-state index is 12.7. The molecule has 2 aromatic heterocycles. The van der Waals surface area contributed by atoms with Crippen LogP contribution in [-0.4, -0.2) is 54.3 Å². The minimum absolute atomic E-state index is 0.0669. The third-order valence-corrected chi connectivity index (χ3v) is 5.25. The van der Waals surface area contributed by atoms with Crippen LogP contribution in [0.1, 0.15) is 45.1 Å². The first-order valence-electron chi connectivity index (χ1n) is 9.28. The van der Waals surface area contributed by atoms with E-state index in [2.05, 4.69) is 24.8 Å². The third-order valence-electron chi connectivity index (χ3n) is 3.69. The number of carbonyl (C=O) groups excluding carboxylic acids is 1. The highest BCUT2D eigenvalue weighted by Gasteiger charge is 2.29. The Morgan fingerprint density at radius 2 is 1.97 bits per heavy atom. The molecule has 2 atom stereocenters. The minimum atomic E-state index is -4.47. The maximum atomic E-state index is 12.7. The Hall–Kier alpha value is -2.54. The van der Waals surface area contributed by atoms with Crippen molar-refractivity contribution in [2.45, 2.75) is 51.2 Å². The van der Waals surface area contributed by atoms with Crippen molar-refractivity contribution in [3.8, 4) is 5.75 Å². The molecule has 0 fully saturated rings. The topological polar surface area (TPSA) is 108 Å². The number of hydrogen-bond donors (Lipinski definition) is 1. The number of hydrogen-bond acceptors (Lipinski definition) is 7. The van der Waals surface area contributed by atoms with Crippen LogP contribution >= 0.6 is 0 Å². The van der Waals surface area contributed by atoms with E-state index in [4.69, 9.17) is 4.74 Å². The van der Waals surface area contributed by atoms with Gasteiger partial charge in [0.05, 0.1) is 40.4 Å². The van der Waals surface area contributed by atoms with Crippen molar-refractivity contribution in [3.63, 3.8) is 0 Å². The molecule has 0 saturated heterocycles. The minimum Gasteiger partial charge on any atom is -0.483 e. The molecule has 9 nitrogen and oxygen atoms in total. The van der Waals surface area contributed by atoms with E-state index in [0.29, 0.717) is 11.4 Å². The molecule has 0 aromatic carbocycles. The molecule has 0 amide bonds. The van der Waals surface area contributed by atoms with Crippen molar-refractivity contribution in [1.82, 2.24) is 24.7 Å². The van der Waals surface area contributed by atoms with Crippen molar-refractivity contribution in [2.75, 3.05) is 13.2 Å². The van der Waals surface area contributed by atoms with Gasteiger partial charge in [0, 0.05) is 0 Å². The molecule has 0 aliphatic carbocycles. The zero-order valence-electron chi connectivity index (χ0n) is 17.5. The molecule has 0 saturated carbocycles. The lowest BCUT2D eigenvalue weighted by Crippen LogP contribution is -2.36. The van der Waals surface area contributed by atoms with Gasteiger partial charge in [-0.05, 0) is 39.8 Å². The summed E-state index contributed by atoms with van der Waals surface area (Å²) in [6, 6.07) is 1.96. The van der Waals surface area contributed by atoms with Crippen LogP contribution in [0, 0.1) is 0 Å². The second-order valence-corrected chi connectivity index (χ2v) is 9.40. The van der Waals surface area contributed by atoms with Gasteiger partial charge in [-0.2, -0.15) is 13.2 Å². The van der Waals surface area contributed by atoms with Gasteiger partial charge in [0.2, 0.25) is 0 Å². The fourth-order valence-corrected chi connectivity index (χ4v) is 3.04. The zero-order chi connectivity index (χ0) is 23.2. The number of pyridine rings is 1. The normalized spacial score (nSPS) is 14.2. The Morgan fingerprint density at radius 1 is 1.26 bits per heavy atom. The van der Waals surface area contributed by atoms with E-state index in [-0.39, 0.29) is 18.9 Å². The molecule has 2 rings (SSSR count). The van der Waals surface area contributed by atoms with Gasteiger partial charge in [-0.1, -0.05) is 5.21 Å². The lowest BCUT2D eigenvalue weighted by molar-refractivity contribution is -0.153. The number of halogens is 3. The van der Waals surface area contributed by atoms with Crippen LogP contribution in [0.3, 0.4) is 0 Å². The average molecular weight is 463 g/mol. The van der Waals surface area contributed by atoms with Crippen LogP contribution in [0.5, 0.6) is 5.75 Å². The second kappa shape index (κ2) is 10.2. The fourth-order valence-electron chi connectivity index (χ4n) is 2.23. The third kappa shape index (κ3) is 7.90. The Labute approximate surface area is 179 Å². The zero-order valence-corrected chi connectivity index (χ0v) is 18.3. The van der Waals surface area contributed by atoms with Gasteiger partial charge in [0.25, 0.3) is 0 Å². The van der Waals surface area contributed by atoms with E-state index in [9.17, 15) is 22.2 Å². The number of carbonyl (C=O) groups is 1. The van der Waals surface area contributed by atoms with Gasteiger partial charge < -0.3 is 9.47 Å². The smallest absolute Gasteiger partial charge is 0.422 e. The summed E-state index contributed by atoms with van der Waals surface area (Å²) >= 11 is 0. The highest BCUT2D eigenvalue weighted by molar-refractivity contribution is 7.84. The van der Waals surface area contributed by atoms with E-state index in [1.165, 1.54) is 23.0 Å². The number of esters is 1. The number of rotatable bonds is 9. The van der Waals surface area contributed by atoms with E-state index < -0.39 is 40.5 Å². The molecular formula is C18H24F3N5O4S. The van der Waals surface area contributed by atoms with E-state index in [1.807, 2.05) is 0 Å². The molecule has 0 aliphatic heterocycles. The Morgan fingerprint density at radius 3 is 2.52 bits per heavy atom. The van der Waals surface area contributed by atoms with Crippen molar-refractivity contribution in [3.05, 3.63) is 35.9 Å². The summed E-state index contributed by atoms with van der Waals surface area (Å²) in [6.07, 6.45) is -1.85. The molecule has 2 aromatic rings. The molecule has 2 heterocycles. The van der Waals surface area contributed by atoms with Crippen LogP contribution < -0.4 is 9.46 Å². The number of aromatic nitrogens is 4. The SMILES string of the molecule is CCOC(=O)Cn1cc([C@H](NS(=O)C(C)(C)C)c2ccc(OCC(F)(F)F)cn2)nn1. The van der Waals surface area contributed by atoms with Gasteiger partial charge in [-0.3, -0.25) is 9.78 Å². The lowest BCUT2D eigenvalue weighted by Gasteiger charge is -2.23. The highest BCUT2D eigenvalue weighted by atomic mass is 32.2. The highest BCUT2D eigenvalue weighted by Crippen LogP contribution is 2.24. The van der Waals surface area contributed by atoms with Gasteiger partial charge in [-0.25, -0.2) is 13.6 Å². The van der Waals surface area contributed by atoms with E-state index in [0.717, 1.165) is 6.20 Å². The quantitative estimate of drug-likeness (QED) is 0.569. The fraction of sp³-hybridized carbons (Fsp3) is 0.556. The molecule has 13 heteroatoms. The van der Waals surface area contributed by atoms with Crippen LogP contribution in [-0.2, 0) is 27.1 Å². The summed E-state index contributed by atoms with van der Waals surface area (Å²) in [4.78, 5) is 15.8. The summed E-state index contributed by atoms with van der Waals surface area (Å²) in [5.74, 6) is -0.561. The summed E-state index contributed by atoms with van der Waals surface area (Å²) in [7, 11) is -1.53. The van der Waals surface area contributed by atoms with E-state index in [1.54, 1.807) is 27.7 Å². The van der Waals surface area contributed by atoms with Gasteiger partial charge in [0.1, 0.15) is 24.0 Å². The van der Waals surface area contributed by atoms with Crippen LogP contribution in [0.25, 0.3) is 0 Å². The molecule has 172 valence electrons. The maximum Gasteiger partial charge on any atom is 0.422 e. The largest absolute Gasteiger partial charge is 0.483 e. The van der Waals surface area contributed by atoms with Crippen molar-refractivity contribution in [2.24, 2.45) is 0 Å². The average Bonchev–Trinajstić information content (AvgIpc) is 3.11. The monoisotopic (exact) mass is 463 g/mol. The number of nitrogens with zero attached hydrogens (tertiary/aromatic N) is 4. The van der Waals surface area contributed by atoms with Gasteiger partial charge in [-0.15, -0.1) is 5.10 Å². The lowest BCUT2D eigenvalue weighted by atomic mass is 10.1. The van der Waals surface area contributed by atoms with Crippen molar-refractivity contribution >= 4 is 17.0 Å². The van der Waals surface area contributed by atoms with Crippen LogP contribution in [0.4, 0.5) is 13.2 Å². The first-order chi connectivity index (χ1) is 14.4.